The number of hydrogen-bond donors (Lipinski definition) is 2. The first kappa shape index (κ1) is 19.4. The van der Waals surface area contributed by atoms with E-state index in [9.17, 15) is 4.79 Å². The van der Waals surface area contributed by atoms with Gasteiger partial charge in [0.15, 0.2) is 12.4 Å². The number of aryl methyl sites for hydroxylation is 1. The summed E-state index contributed by atoms with van der Waals surface area (Å²) in [4.78, 5) is 11.3. The highest BCUT2D eigenvalue weighted by molar-refractivity contribution is 6.00. The van der Waals surface area contributed by atoms with Crippen LogP contribution in [0.2, 0.25) is 0 Å². The lowest BCUT2D eigenvalue weighted by molar-refractivity contribution is -0.122. The molecule has 6 nitrogen and oxygen atoms in total. The van der Waals surface area contributed by atoms with Crippen LogP contribution >= 0.6 is 0 Å². The standard InChI is InChI=1S/C24H22N4O2/c1-16-7-9-17(10-8-16)23-20-5-3-4-6-21(20)24(28-27-23)26-18-11-13-19(14-12-18)30-15-22(29)25-2/h3-14H,15H2,1-2H3,(H,25,29)(H,26,28). The number of likely N-dealkylation sites (N-methyl/N-ethyl adjacent to an activating group) is 1. The zero-order valence-electron chi connectivity index (χ0n) is 16.8. The third kappa shape index (κ3) is 4.22. The summed E-state index contributed by atoms with van der Waals surface area (Å²) in [5.74, 6) is 1.13. The van der Waals surface area contributed by atoms with E-state index in [1.807, 2.05) is 42.5 Å². The molecule has 4 rings (SSSR count). The first-order chi connectivity index (χ1) is 14.6. The van der Waals surface area contributed by atoms with Gasteiger partial charge in [-0.3, -0.25) is 4.79 Å². The smallest absolute Gasteiger partial charge is 0.257 e. The van der Waals surface area contributed by atoms with Crippen molar-refractivity contribution >= 4 is 28.2 Å². The third-order valence-corrected chi connectivity index (χ3v) is 4.78. The van der Waals surface area contributed by atoms with Gasteiger partial charge >= 0.3 is 0 Å². The minimum Gasteiger partial charge on any atom is -0.484 e. The van der Waals surface area contributed by atoms with Gasteiger partial charge in [0.2, 0.25) is 0 Å². The maximum atomic E-state index is 11.3. The average molecular weight is 398 g/mol. The van der Waals surface area contributed by atoms with Gasteiger partial charge in [0.05, 0.1) is 0 Å². The van der Waals surface area contributed by atoms with Crippen LogP contribution in [0.4, 0.5) is 11.5 Å². The predicted octanol–water partition coefficient (Wildman–Crippen LogP) is 4.47. The molecule has 0 aliphatic carbocycles. The number of carbonyl (C=O) groups is 1. The Hall–Kier alpha value is -3.93. The molecule has 0 radical (unpaired) electrons. The summed E-state index contributed by atoms with van der Waals surface area (Å²) in [6, 6.07) is 23.7. The topological polar surface area (TPSA) is 76.1 Å². The molecule has 0 atom stereocenters. The van der Waals surface area contributed by atoms with Crippen LogP contribution in [0.15, 0.2) is 72.8 Å². The van der Waals surface area contributed by atoms with Crippen molar-refractivity contribution in [1.29, 1.82) is 0 Å². The van der Waals surface area contributed by atoms with E-state index in [0.717, 1.165) is 27.7 Å². The quantitative estimate of drug-likeness (QED) is 0.501. The Kier molecular flexibility index (Phi) is 5.57. The van der Waals surface area contributed by atoms with Crippen molar-refractivity contribution in [3.05, 3.63) is 78.4 Å². The van der Waals surface area contributed by atoms with Gasteiger partial charge < -0.3 is 15.4 Å². The molecule has 0 spiro atoms. The fraction of sp³-hybridized carbons (Fsp3) is 0.125. The van der Waals surface area contributed by atoms with Crippen LogP contribution in [0.1, 0.15) is 5.56 Å². The van der Waals surface area contributed by atoms with E-state index in [1.165, 1.54) is 5.56 Å². The molecule has 3 aromatic carbocycles. The maximum Gasteiger partial charge on any atom is 0.257 e. The second-order valence-corrected chi connectivity index (χ2v) is 6.92. The van der Waals surface area contributed by atoms with E-state index in [-0.39, 0.29) is 12.5 Å². The van der Waals surface area contributed by atoms with Crippen LogP contribution < -0.4 is 15.4 Å². The summed E-state index contributed by atoms with van der Waals surface area (Å²) in [5.41, 5.74) is 3.95. The minimum atomic E-state index is -0.174. The van der Waals surface area contributed by atoms with E-state index >= 15 is 0 Å². The third-order valence-electron chi connectivity index (χ3n) is 4.78. The first-order valence-electron chi connectivity index (χ1n) is 9.67. The van der Waals surface area contributed by atoms with Crippen LogP contribution in [-0.2, 0) is 4.79 Å². The Bertz CT molecular complexity index is 1170. The van der Waals surface area contributed by atoms with Gasteiger partial charge in [-0.25, -0.2) is 0 Å². The Balaban J connectivity index is 1.60. The molecule has 0 aliphatic rings. The predicted molar refractivity (Wildman–Crippen MR) is 119 cm³/mol. The number of fused-ring (bicyclic) bond motifs is 1. The molecular formula is C24H22N4O2. The summed E-state index contributed by atoms with van der Waals surface area (Å²) >= 11 is 0. The number of benzene rings is 3. The summed E-state index contributed by atoms with van der Waals surface area (Å²) in [6.07, 6.45) is 0. The monoisotopic (exact) mass is 398 g/mol. The minimum absolute atomic E-state index is 0.0140. The van der Waals surface area contributed by atoms with Gasteiger partial charge in [0, 0.05) is 29.1 Å². The van der Waals surface area contributed by atoms with Gasteiger partial charge in [-0.1, -0.05) is 54.1 Å². The molecule has 0 aliphatic heterocycles. The Morgan fingerprint density at radius 3 is 2.30 bits per heavy atom. The zero-order chi connectivity index (χ0) is 20.9. The van der Waals surface area contributed by atoms with Crippen LogP contribution in [0, 0.1) is 6.92 Å². The summed E-state index contributed by atoms with van der Waals surface area (Å²) in [5, 5.41) is 16.8. The van der Waals surface area contributed by atoms with Crippen molar-refractivity contribution in [1.82, 2.24) is 15.5 Å². The normalized spacial score (nSPS) is 10.6. The molecule has 0 fully saturated rings. The van der Waals surface area contributed by atoms with E-state index in [0.29, 0.717) is 11.6 Å². The molecule has 6 heteroatoms. The van der Waals surface area contributed by atoms with Gasteiger partial charge in [-0.05, 0) is 31.2 Å². The van der Waals surface area contributed by atoms with E-state index < -0.39 is 0 Å². The van der Waals surface area contributed by atoms with Gasteiger partial charge in [0.1, 0.15) is 11.4 Å². The van der Waals surface area contributed by atoms with Crippen molar-refractivity contribution in [2.45, 2.75) is 6.92 Å². The van der Waals surface area contributed by atoms with Gasteiger partial charge in [-0.15, -0.1) is 10.2 Å². The fourth-order valence-electron chi connectivity index (χ4n) is 3.11. The van der Waals surface area contributed by atoms with Crippen LogP contribution in [0.5, 0.6) is 5.75 Å². The molecule has 4 aromatic rings. The highest BCUT2D eigenvalue weighted by Crippen LogP contribution is 2.31. The number of anilines is 2. The number of ether oxygens (including phenoxy) is 1. The molecule has 2 N–H and O–H groups in total. The maximum absolute atomic E-state index is 11.3. The van der Waals surface area contributed by atoms with Crippen molar-refractivity contribution in [2.24, 2.45) is 0 Å². The highest BCUT2D eigenvalue weighted by Gasteiger charge is 2.11. The largest absolute Gasteiger partial charge is 0.484 e. The molecule has 0 bridgehead atoms. The summed E-state index contributed by atoms with van der Waals surface area (Å²) in [6.45, 7) is 2.05. The number of rotatable bonds is 6. The lowest BCUT2D eigenvalue weighted by Gasteiger charge is -2.12. The van der Waals surface area contributed by atoms with Crippen molar-refractivity contribution in [2.75, 3.05) is 19.0 Å². The Labute approximate surface area is 174 Å². The number of amides is 1. The zero-order valence-corrected chi connectivity index (χ0v) is 16.8. The van der Waals surface area contributed by atoms with E-state index in [2.05, 4.69) is 58.1 Å². The number of carbonyl (C=O) groups excluding carboxylic acids is 1. The molecule has 150 valence electrons. The van der Waals surface area contributed by atoms with Crippen molar-refractivity contribution in [3.8, 4) is 17.0 Å². The summed E-state index contributed by atoms with van der Waals surface area (Å²) in [7, 11) is 1.58. The van der Waals surface area contributed by atoms with Crippen LogP contribution in [0.3, 0.4) is 0 Å². The van der Waals surface area contributed by atoms with Gasteiger partial charge in [-0.2, -0.15) is 0 Å². The van der Waals surface area contributed by atoms with Crippen LogP contribution in [-0.4, -0.2) is 29.8 Å². The first-order valence-corrected chi connectivity index (χ1v) is 9.67. The van der Waals surface area contributed by atoms with Gasteiger partial charge in [0.25, 0.3) is 5.91 Å². The van der Waals surface area contributed by atoms with E-state index in [1.54, 1.807) is 7.05 Å². The molecular weight excluding hydrogens is 376 g/mol. The molecule has 0 saturated heterocycles. The molecule has 1 aromatic heterocycles. The molecule has 0 saturated carbocycles. The van der Waals surface area contributed by atoms with E-state index in [4.69, 9.17) is 4.74 Å². The SMILES string of the molecule is CNC(=O)COc1ccc(Nc2nnc(-c3ccc(C)cc3)c3ccccc23)cc1. The Morgan fingerprint density at radius 1 is 0.900 bits per heavy atom. The average Bonchev–Trinajstić information content (AvgIpc) is 2.79. The number of hydrogen-bond acceptors (Lipinski definition) is 5. The lowest BCUT2D eigenvalue weighted by atomic mass is 10.0. The second-order valence-electron chi connectivity index (χ2n) is 6.92. The number of nitrogens with zero attached hydrogens (tertiary/aromatic N) is 2. The number of nitrogens with one attached hydrogen (secondary N) is 2. The molecule has 30 heavy (non-hydrogen) atoms. The van der Waals surface area contributed by atoms with Crippen molar-refractivity contribution < 1.29 is 9.53 Å². The molecule has 1 amide bonds. The molecule has 1 heterocycles. The lowest BCUT2D eigenvalue weighted by Crippen LogP contribution is -2.24. The second kappa shape index (κ2) is 8.61. The molecule has 0 unspecified atom stereocenters. The van der Waals surface area contributed by atoms with Crippen LogP contribution in [0.25, 0.3) is 22.0 Å². The summed E-state index contributed by atoms with van der Waals surface area (Å²) < 4.78 is 5.44. The highest BCUT2D eigenvalue weighted by atomic mass is 16.5. The fourth-order valence-corrected chi connectivity index (χ4v) is 3.11. The number of aromatic nitrogens is 2. The Morgan fingerprint density at radius 2 is 1.60 bits per heavy atom. The van der Waals surface area contributed by atoms with Crippen molar-refractivity contribution in [3.63, 3.8) is 0 Å².